The summed E-state index contributed by atoms with van der Waals surface area (Å²) < 4.78 is 7.01. The van der Waals surface area contributed by atoms with E-state index in [1.165, 1.54) is 0 Å². The van der Waals surface area contributed by atoms with Crippen LogP contribution in [0.3, 0.4) is 0 Å². The van der Waals surface area contributed by atoms with Crippen LogP contribution in [0.4, 0.5) is 0 Å². The third-order valence-electron chi connectivity index (χ3n) is 6.56. The highest BCUT2D eigenvalue weighted by molar-refractivity contribution is 6.31. The van der Waals surface area contributed by atoms with Gasteiger partial charge >= 0.3 is 0 Å². The van der Waals surface area contributed by atoms with Gasteiger partial charge in [0.15, 0.2) is 5.82 Å². The zero-order chi connectivity index (χ0) is 26.5. The second-order valence-corrected chi connectivity index (χ2v) is 9.69. The van der Waals surface area contributed by atoms with Gasteiger partial charge in [-0.2, -0.15) is 0 Å². The molecule has 38 heavy (non-hydrogen) atoms. The van der Waals surface area contributed by atoms with E-state index in [2.05, 4.69) is 37.5 Å². The Hall–Kier alpha value is -3.85. The van der Waals surface area contributed by atoms with Crippen molar-refractivity contribution in [3.05, 3.63) is 122 Å². The van der Waals surface area contributed by atoms with Gasteiger partial charge in [-0.15, -0.1) is 5.10 Å². The minimum Gasteiger partial charge on any atom is -0.383 e. The molecule has 0 saturated carbocycles. The fraction of sp³-hybridized carbons (Fsp3) is 0.241. The summed E-state index contributed by atoms with van der Waals surface area (Å²) in [4.78, 5) is 18.9. The maximum absolute atomic E-state index is 13.7. The van der Waals surface area contributed by atoms with E-state index in [0.717, 1.165) is 27.6 Å². The number of tetrazole rings is 1. The van der Waals surface area contributed by atoms with Gasteiger partial charge in [0.2, 0.25) is 0 Å². The molecule has 0 bridgehead atoms. The normalized spacial score (nSPS) is 12.3. The minimum absolute atomic E-state index is 0.188. The number of hydrogen-bond donors (Lipinski definition) is 1. The van der Waals surface area contributed by atoms with Gasteiger partial charge in [-0.1, -0.05) is 72.3 Å². The largest absolute Gasteiger partial charge is 0.383 e. The van der Waals surface area contributed by atoms with Gasteiger partial charge in [-0.25, -0.2) is 4.68 Å². The number of H-pyrrole nitrogens is 1. The summed E-state index contributed by atoms with van der Waals surface area (Å²) in [7, 11) is 1.64. The molecule has 0 spiro atoms. The van der Waals surface area contributed by atoms with Gasteiger partial charge in [-0.3, -0.25) is 9.69 Å². The molecule has 194 valence electrons. The van der Waals surface area contributed by atoms with Crippen LogP contribution in [0, 0.1) is 6.92 Å². The van der Waals surface area contributed by atoms with Crippen LogP contribution in [-0.4, -0.2) is 43.8 Å². The number of pyridine rings is 1. The summed E-state index contributed by atoms with van der Waals surface area (Å²) in [6.07, 6.45) is 0. The van der Waals surface area contributed by atoms with Crippen molar-refractivity contribution in [3.63, 3.8) is 0 Å². The molecule has 2 aromatic heterocycles. The van der Waals surface area contributed by atoms with E-state index in [1.807, 2.05) is 73.7 Å². The summed E-state index contributed by atoms with van der Waals surface area (Å²) in [5.41, 5.74) is 4.26. The van der Waals surface area contributed by atoms with Crippen molar-refractivity contribution in [2.24, 2.45) is 0 Å². The lowest BCUT2D eigenvalue weighted by molar-refractivity contribution is 0.169. The number of aryl methyl sites for hydroxylation is 1. The highest BCUT2D eigenvalue weighted by atomic mass is 35.5. The predicted octanol–water partition coefficient (Wildman–Crippen LogP) is 4.91. The summed E-state index contributed by atoms with van der Waals surface area (Å²) in [5.74, 6) is 0.557. The molecule has 0 aliphatic carbocycles. The summed E-state index contributed by atoms with van der Waals surface area (Å²) in [6, 6.07) is 25.3. The number of methoxy groups -OCH3 is 1. The zero-order valence-corrected chi connectivity index (χ0v) is 22.1. The summed E-state index contributed by atoms with van der Waals surface area (Å²) >= 11 is 6.61. The Labute approximate surface area is 225 Å². The van der Waals surface area contributed by atoms with Crippen molar-refractivity contribution >= 4 is 22.5 Å². The molecule has 3 aromatic carbocycles. The second-order valence-electron chi connectivity index (χ2n) is 9.28. The Bertz CT molecular complexity index is 1580. The van der Waals surface area contributed by atoms with E-state index in [4.69, 9.17) is 16.3 Å². The summed E-state index contributed by atoms with van der Waals surface area (Å²) in [5, 5.41) is 14.2. The fourth-order valence-corrected chi connectivity index (χ4v) is 4.88. The number of nitrogens with zero attached hydrogens (tertiary/aromatic N) is 5. The van der Waals surface area contributed by atoms with Crippen LogP contribution in [0.25, 0.3) is 10.9 Å². The molecule has 1 atom stereocenters. The number of fused-ring (bicyclic) bond motifs is 1. The SMILES string of the molecule is COCCn1nnnc1C(c1cc2ccc(C)cc2[nH]c1=O)N(Cc1ccccc1)Cc1ccccc1Cl. The van der Waals surface area contributed by atoms with Crippen molar-refractivity contribution in [3.8, 4) is 0 Å². The first-order valence-electron chi connectivity index (χ1n) is 12.4. The van der Waals surface area contributed by atoms with Crippen molar-refractivity contribution in [2.75, 3.05) is 13.7 Å². The molecule has 0 saturated heterocycles. The third kappa shape index (κ3) is 5.67. The van der Waals surface area contributed by atoms with Gasteiger partial charge in [0.25, 0.3) is 5.56 Å². The van der Waals surface area contributed by atoms with E-state index >= 15 is 0 Å². The standard InChI is InChI=1S/C29H29ClN6O2/c1-20-12-13-22-17-24(29(37)31-26(22)16-20)27(28-32-33-34-36(28)14-15-38-2)35(18-21-8-4-3-5-9-21)19-23-10-6-7-11-25(23)30/h3-13,16-17,27H,14-15,18-19H2,1-2H3,(H,31,37). The number of aromatic amines is 1. The van der Waals surface area contributed by atoms with Gasteiger partial charge < -0.3 is 9.72 Å². The number of rotatable bonds is 10. The highest BCUT2D eigenvalue weighted by Crippen LogP contribution is 2.31. The van der Waals surface area contributed by atoms with Crippen LogP contribution >= 0.6 is 11.6 Å². The molecular weight excluding hydrogens is 500 g/mol. The van der Waals surface area contributed by atoms with Gasteiger partial charge in [-0.05, 0) is 57.6 Å². The average molecular weight is 529 g/mol. The monoisotopic (exact) mass is 528 g/mol. The number of nitrogens with one attached hydrogen (secondary N) is 1. The predicted molar refractivity (Wildman–Crippen MR) is 148 cm³/mol. The lowest BCUT2D eigenvalue weighted by atomic mass is 10.0. The minimum atomic E-state index is -0.562. The summed E-state index contributed by atoms with van der Waals surface area (Å²) in [6.45, 7) is 3.90. The maximum Gasteiger partial charge on any atom is 0.253 e. The zero-order valence-electron chi connectivity index (χ0n) is 21.3. The second kappa shape index (κ2) is 11.7. The number of ether oxygens (including phenoxy) is 1. The van der Waals surface area contributed by atoms with Crippen molar-refractivity contribution < 1.29 is 4.74 Å². The molecule has 1 N–H and O–H groups in total. The number of halogens is 1. The maximum atomic E-state index is 13.7. The molecule has 1 unspecified atom stereocenters. The molecule has 9 heteroatoms. The molecule has 5 aromatic rings. The molecule has 0 amide bonds. The Morgan fingerprint density at radius 3 is 2.61 bits per heavy atom. The van der Waals surface area contributed by atoms with Crippen LogP contribution < -0.4 is 5.56 Å². The Balaban J connectivity index is 1.70. The van der Waals surface area contributed by atoms with Crippen molar-refractivity contribution in [1.29, 1.82) is 0 Å². The third-order valence-corrected chi connectivity index (χ3v) is 6.93. The van der Waals surface area contributed by atoms with Crippen LogP contribution in [0.1, 0.15) is 34.1 Å². The quantitative estimate of drug-likeness (QED) is 0.277. The average Bonchev–Trinajstić information content (AvgIpc) is 3.38. The topological polar surface area (TPSA) is 88.9 Å². The van der Waals surface area contributed by atoms with Gasteiger partial charge in [0.05, 0.1) is 13.2 Å². The van der Waals surface area contributed by atoms with Crippen LogP contribution in [0.5, 0.6) is 0 Å². The molecule has 8 nitrogen and oxygen atoms in total. The van der Waals surface area contributed by atoms with E-state index in [-0.39, 0.29) is 5.56 Å². The Kier molecular flexibility index (Phi) is 7.93. The molecule has 0 radical (unpaired) electrons. The van der Waals surface area contributed by atoms with Crippen molar-refractivity contribution in [1.82, 2.24) is 30.1 Å². The first-order valence-corrected chi connectivity index (χ1v) is 12.8. The number of hydrogen-bond acceptors (Lipinski definition) is 6. The van der Waals surface area contributed by atoms with Crippen LogP contribution in [-0.2, 0) is 24.4 Å². The lowest BCUT2D eigenvalue weighted by Crippen LogP contribution is -2.35. The van der Waals surface area contributed by atoms with E-state index in [1.54, 1.807) is 11.8 Å². The Morgan fingerprint density at radius 1 is 1.03 bits per heavy atom. The molecule has 0 fully saturated rings. The molecule has 5 rings (SSSR count). The highest BCUT2D eigenvalue weighted by Gasteiger charge is 2.31. The van der Waals surface area contributed by atoms with E-state index in [0.29, 0.717) is 42.7 Å². The Morgan fingerprint density at radius 2 is 1.82 bits per heavy atom. The van der Waals surface area contributed by atoms with Crippen LogP contribution in [0.15, 0.2) is 83.7 Å². The van der Waals surface area contributed by atoms with Gasteiger partial charge in [0.1, 0.15) is 6.04 Å². The van der Waals surface area contributed by atoms with E-state index < -0.39 is 6.04 Å². The first-order chi connectivity index (χ1) is 18.5. The lowest BCUT2D eigenvalue weighted by Gasteiger charge is -2.31. The molecule has 2 heterocycles. The smallest absolute Gasteiger partial charge is 0.253 e. The molecule has 0 aliphatic heterocycles. The number of benzene rings is 3. The molecule has 0 aliphatic rings. The molecular formula is C29H29ClN6O2. The van der Waals surface area contributed by atoms with E-state index in [9.17, 15) is 4.79 Å². The van der Waals surface area contributed by atoms with Crippen molar-refractivity contribution in [2.45, 2.75) is 32.6 Å². The van der Waals surface area contributed by atoms with Crippen LogP contribution in [0.2, 0.25) is 5.02 Å². The fourth-order valence-electron chi connectivity index (χ4n) is 4.68. The number of aromatic nitrogens is 5. The van der Waals surface area contributed by atoms with Gasteiger partial charge in [0, 0.05) is 36.3 Å². The first kappa shape index (κ1) is 25.8.